The Kier molecular flexibility index (Phi) is 3.58. The van der Waals surface area contributed by atoms with Crippen LogP contribution < -0.4 is 0 Å². The van der Waals surface area contributed by atoms with Gasteiger partial charge in [-0.3, -0.25) is 0 Å². The predicted octanol–water partition coefficient (Wildman–Crippen LogP) is 4.39. The number of aryl methyl sites for hydroxylation is 1. The van der Waals surface area contributed by atoms with E-state index in [-0.39, 0.29) is 5.04 Å². The first-order valence-electron chi connectivity index (χ1n) is 6.79. The lowest BCUT2D eigenvalue weighted by Gasteiger charge is -2.35. The van der Waals surface area contributed by atoms with Gasteiger partial charge in [0.2, 0.25) is 0 Å². The maximum absolute atomic E-state index is 6.19. The van der Waals surface area contributed by atoms with Crippen LogP contribution in [0.5, 0.6) is 0 Å². The number of fused-ring (bicyclic) bond motifs is 1. The molecule has 4 heteroatoms. The molecular formula is C15H24N2OSi. The van der Waals surface area contributed by atoms with Gasteiger partial charge in [-0.25, -0.2) is 4.98 Å². The molecule has 0 spiro atoms. The van der Waals surface area contributed by atoms with Crippen LogP contribution in [0.3, 0.4) is 0 Å². The van der Waals surface area contributed by atoms with E-state index in [0.717, 1.165) is 16.9 Å². The van der Waals surface area contributed by atoms with Crippen LogP contribution in [0.2, 0.25) is 18.1 Å². The van der Waals surface area contributed by atoms with Gasteiger partial charge in [-0.1, -0.05) is 32.9 Å². The van der Waals surface area contributed by atoms with E-state index >= 15 is 0 Å². The molecule has 0 fully saturated rings. The van der Waals surface area contributed by atoms with E-state index in [2.05, 4.69) is 62.9 Å². The summed E-state index contributed by atoms with van der Waals surface area (Å²) in [5.41, 5.74) is 3.34. The molecule has 0 unspecified atom stereocenters. The van der Waals surface area contributed by atoms with E-state index in [9.17, 15) is 0 Å². The zero-order valence-electron chi connectivity index (χ0n) is 12.8. The molecule has 1 aromatic heterocycles. The van der Waals surface area contributed by atoms with Crippen LogP contribution in [0.15, 0.2) is 18.2 Å². The van der Waals surface area contributed by atoms with Crippen LogP contribution in [0.25, 0.3) is 11.0 Å². The smallest absolute Gasteiger partial charge is 0.192 e. The van der Waals surface area contributed by atoms with E-state index in [1.807, 2.05) is 6.07 Å². The van der Waals surface area contributed by atoms with Crippen molar-refractivity contribution >= 4 is 19.4 Å². The third kappa shape index (κ3) is 2.90. The molecule has 0 aliphatic rings. The van der Waals surface area contributed by atoms with Gasteiger partial charge in [-0.05, 0) is 36.7 Å². The molecule has 0 bridgehead atoms. The summed E-state index contributed by atoms with van der Waals surface area (Å²) in [5.74, 6) is 0.925. The minimum Gasteiger partial charge on any atom is -0.409 e. The molecule has 0 saturated heterocycles. The van der Waals surface area contributed by atoms with Crippen LogP contribution in [-0.2, 0) is 11.0 Å². The first-order valence-corrected chi connectivity index (χ1v) is 9.70. The second-order valence-electron chi connectivity index (χ2n) is 6.70. The van der Waals surface area contributed by atoms with Crippen molar-refractivity contribution in [1.29, 1.82) is 0 Å². The molecule has 2 rings (SSSR count). The number of imidazole rings is 1. The van der Waals surface area contributed by atoms with Gasteiger partial charge in [0.15, 0.2) is 8.32 Å². The summed E-state index contributed by atoms with van der Waals surface area (Å²) in [4.78, 5) is 7.99. The summed E-state index contributed by atoms with van der Waals surface area (Å²) >= 11 is 0. The maximum Gasteiger partial charge on any atom is 0.192 e. The van der Waals surface area contributed by atoms with Crippen molar-refractivity contribution in [1.82, 2.24) is 9.97 Å². The highest BCUT2D eigenvalue weighted by Crippen LogP contribution is 2.37. The van der Waals surface area contributed by atoms with Gasteiger partial charge in [0, 0.05) is 0 Å². The number of hydrogen-bond donors (Lipinski definition) is 1. The van der Waals surface area contributed by atoms with Gasteiger partial charge in [0.1, 0.15) is 5.82 Å². The number of aromatic nitrogens is 2. The van der Waals surface area contributed by atoms with Crippen LogP contribution in [0, 0.1) is 6.92 Å². The van der Waals surface area contributed by atoms with E-state index in [0.29, 0.717) is 6.61 Å². The number of nitrogens with one attached hydrogen (secondary N) is 1. The van der Waals surface area contributed by atoms with Gasteiger partial charge >= 0.3 is 0 Å². The highest BCUT2D eigenvalue weighted by molar-refractivity contribution is 6.74. The molecule has 0 saturated carbocycles. The maximum atomic E-state index is 6.19. The number of aromatic amines is 1. The summed E-state index contributed by atoms with van der Waals surface area (Å²) < 4.78 is 6.19. The zero-order valence-corrected chi connectivity index (χ0v) is 13.8. The molecule has 0 amide bonds. The Bertz CT molecular complexity index is 581. The number of benzene rings is 1. The average Bonchev–Trinajstić information content (AvgIpc) is 2.69. The second-order valence-corrected chi connectivity index (χ2v) is 11.5. The first kappa shape index (κ1) is 14.3. The SMILES string of the molecule is Cc1cccc2[nH]c(CO[Si](C)(C)C(C)(C)C)nc12. The number of H-pyrrole nitrogens is 1. The molecular weight excluding hydrogens is 252 g/mol. The summed E-state index contributed by atoms with van der Waals surface area (Å²) in [6, 6.07) is 6.20. The molecule has 0 aliphatic heterocycles. The Morgan fingerprint density at radius 2 is 1.95 bits per heavy atom. The van der Waals surface area contributed by atoms with Crippen molar-refractivity contribution in [3.63, 3.8) is 0 Å². The van der Waals surface area contributed by atoms with Crippen LogP contribution in [0.1, 0.15) is 32.2 Å². The Balaban J connectivity index is 2.17. The normalized spacial score (nSPS) is 13.2. The molecule has 1 aromatic carbocycles. The highest BCUT2D eigenvalue weighted by atomic mass is 28.4. The first-order chi connectivity index (χ1) is 8.71. The molecule has 1 heterocycles. The molecule has 19 heavy (non-hydrogen) atoms. The Hall–Kier alpha value is -1.13. The Morgan fingerprint density at radius 1 is 1.26 bits per heavy atom. The van der Waals surface area contributed by atoms with Gasteiger partial charge in [0.25, 0.3) is 0 Å². The number of rotatable bonds is 3. The summed E-state index contributed by atoms with van der Waals surface area (Å²) in [5, 5.41) is 0.231. The monoisotopic (exact) mass is 276 g/mol. The average molecular weight is 276 g/mol. The second kappa shape index (κ2) is 4.76. The lowest BCUT2D eigenvalue weighted by Crippen LogP contribution is -2.40. The van der Waals surface area contributed by atoms with Crippen LogP contribution >= 0.6 is 0 Å². The van der Waals surface area contributed by atoms with Crippen molar-refractivity contribution in [3.8, 4) is 0 Å². The van der Waals surface area contributed by atoms with E-state index in [1.165, 1.54) is 5.56 Å². The van der Waals surface area contributed by atoms with Gasteiger partial charge in [-0.2, -0.15) is 0 Å². The standard InChI is InChI=1S/C15H24N2OSi/c1-11-8-7-9-12-14(11)17-13(16-12)10-18-19(5,6)15(2,3)4/h7-9H,10H2,1-6H3,(H,16,17). The number of para-hydroxylation sites is 1. The number of hydrogen-bond acceptors (Lipinski definition) is 2. The van der Waals surface area contributed by atoms with Crippen molar-refractivity contribution in [2.75, 3.05) is 0 Å². The van der Waals surface area contributed by atoms with E-state index in [4.69, 9.17) is 4.43 Å². The zero-order chi connectivity index (χ0) is 14.3. The Labute approximate surface area is 116 Å². The van der Waals surface area contributed by atoms with Crippen molar-refractivity contribution in [2.45, 2.75) is 52.4 Å². The molecule has 0 radical (unpaired) electrons. The fraction of sp³-hybridized carbons (Fsp3) is 0.533. The largest absolute Gasteiger partial charge is 0.409 e. The minimum atomic E-state index is -1.71. The molecule has 1 N–H and O–H groups in total. The van der Waals surface area contributed by atoms with E-state index in [1.54, 1.807) is 0 Å². The quantitative estimate of drug-likeness (QED) is 0.844. The summed E-state index contributed by atoms with van der Waals surface area (Å²) in [6.45, 7) is 13.9. The molecule has 2 aromatic rings. The minimum absolute atomic E-state index is 0.231. The lowest BCUT2D eigenvalue weighted by molar-refractivity contribution is 0.269. The van der Waals surface area contributed by atoms with Crippen LogP contribution in [0.4, 0.5) is 0 Å². The van der Waals surface area contributed by atoms with Crippen molar-refractivity contribution in [3.05, 3.63) is 29.6 Å². The third-order valence-corrected chi connectivity index (χ3v) is 8.62. The highest BCUT2D eigenvalue weighted by Gasteiger charge is 2.37. The van der Waals surface area contributed by atoms with Crippen LogP contribution in [-0.4, -0.2) is 18.3 Å². The van der Waals surface area contributed by atoms with Gasteiger partial charge in [-0.15, -0.1) is 0 Å². The third-order valence-electron chi connectivity index (χ3n) is 4.14. The fourth-order valence-electron chi connectivity index (χ4n) is 1.76. The van der Waals surface area contributed by atoms with Crippen molar-refractivity contribution < 1.29 is 4.43 Å². The summed E-state index contributed by atoms with van der Waals surface area (Å²) in [6.07, 6.45) is 0. The molecule has 104 valence electrons. The van der Waals surface area contributed by atoms with E-state index < -0.39 is 8.32 Å². The molecule has 0 atom stereocenters. The fourth-order valence-corrected chi connectivity index (χ4v) is 2.69. The lowest BCUT2D eigenvalue weighted by atomic mass is 10.2. The topological polar surface area (TPSA) is 37.9 Å². The predicted molar refractivity (Wildman–Crippen MR) is 82.8 cm³/mol. The molecule has 3 nitrogen and oxygen atoms in total. The van der Waals surface area contributed by atoms with Crippen molar-refractivity contribution in [2.24, 2.45) is 0 Å². The number of nitrogens with zero attached hydrogens (tertiary/aromatic N) is 1. The van der Waals surface area contributed by atoms with Gasteiger partial charge < -0.3 is 9.41 Å². The Morgan fingerprint density at radius 3 is 2.53 bits per heavy atom. The molecule has 0 aliphatic carbocycles. The summed E-state index contributed by atoms with van der Waals surface area (Å²) in [7, 11) is -1.71. The van der Waals surface area contributed by atoms with Gasteiger partial charge in [0.05, 0.1) is 17.6 Å².